The second-order valence-corrected chi connectivity index (χ2v) is 17.8. The average molecular weight is 689 g/mol. The fraction of sp³-hybridized carbons (Fsp3) is 0. The highest BCUT2D eigenvalue weighted by Crippen LogP contribution is 2.43. The van der Waals surface area contributed by atoms with Crippen LogP contribution in [-0.2, 0) is 0 Å². The molecule has 9 aromatic carbocycles. The highest BCUT2D eigenvalue weighted by molar-refractivity contribution is 7.22. The first-order chi connectivity index (χ1) is 26.3. The molecule has 246 valence electrons. The van der Waals surface area contributed by atoms with Crippen LogP contribution in [0.1, 0.15) is 0 Å². The lowest BCUT2D eigenvalue weighted by atomic mass is 9.89. The van der Waals surface area contributed by atoms with Gasteiger partial charge in [0.1, 0.15) is 0 Å². The number of para-hydroxylation sites is 1. The maximum atomic E-state index is 5.26. The summed E-state index contributed by atoms with van der Waals surface area (Å²) in [5, 5.41) is 14.4. The van der Waals surface area contributed by atoms with Crippen LogP contribution in [0.15, 0.2) is 194 Å². The monoisotopic (exact) mass is 688 g/mol. The Morgan fingerprint density at radius 3 is 1.66 bits per heavy atom. The quantitative estimate of drug-likeness (QED) is 0.136. The summed E-state index contributed by atoms with van der Waals surface area (Å²) in [7, 11) is -2.65. The summed E-state index contributed by atoms with van der Waals surface area (Å²) in [5.41, 5.74) is 6.70. The third-order valence-electron chi connectivity index (χ3n) is 11.3. The highest BCUT2D eigenvalue weighted by atomic mass is 28.3. The van der Waals surface area contributed by atoms with Gasteiger partial charge in [0, 0.05) is 16.5 Å². The van der Waals surface area contributed by atoms with Crippen molar-refractivity contribution in [2.75, 3.05) is 0 Å². The Morgan fingerprint density at radius 1 is 0.358 bits per heavy atom. The molecule has 2 nitrogen and oxygen atoms in total. The first-order valence-electron chi connectivity index (χ1n) is 18.3. The van der Waals surface area contributed by atoms with Crippen molar-refractivity contribution in [3.63, 3.8) is 0 Å². The van der Waals surface area contributed by atoms with Crippen molar-refractivity contribution in [2.24, 2.45) is 0 Å². The molecule has 0 spiro atoms. The van der Waals surface area contributed by atoms with E-state index in [4.69, 9.17) is 9.97 Å². The van der Waals surface area contributed by atoms with E-state index in [9.17, 15) is 0 Å². The Bertz CT molecular complexity index is 3010. The normalized spacial score (nSPS) is 13.1. The molecule has 2 heterocycles. The number of hydrogen-bond acceptors (Lipinski definition) is 2. The van der Waals surface area contributed by atoms with Crippen LogP contribution in [-0.4, -0.2) is 18.0 Å². The summed E-state index contributed by atoms with van der Waals surface area (Å²) in [4.78, 5) is 10.4. The van der Waals surface area contributed by atoms with Crippen LogP contribution in [0.25, 0.3) is 77.0 Å². The van der Waals surface area contributed by atoms with Crippen molar-refractivity contribution < 1.29 is 0 Å². The van der Waals surface area contributed by atoms with Crippen LogP contribution in [0, 0.1) is 0 Å². The third kappa shape index (κ3) is 4.32. The van der Waals surface area contributed by atoms with E-state index < -0.39 is 8.07 Å². The number of fused-ring (bicyclic) bond motifs is 11. The number of rotatable bonds is 4. The Kier molecular flexibility index (Phi) is 6.61. The van der Waals surface area contributed by atoms with Gasteiger partial charge in [0.2, 0.25) is 0 Å². The molecule has 1 aliphatic heterocycles. The van der Waals surface area contributed by atoms with Crippen LogP contribution in [0.4, 0.5) is 0 Å². The summed E-state index contributed by atoms with van der Waals surface area (Å²) in [6.07, 6.45) is 0. The van der Waals surface area contributed by atoms with E-state index in [0.717, 1.165) is 33.5 Å². The molecule has 1 aliphatic rings. The largest absolute Gasteiger partial charge is 0.228 e. The van der Waals surface area contributed by atoms with Crippen molar-refractivity contribution >= 4 is 72.0 Å². The standard InChI is InChI=1S/C50H32N2Si/c1-4-16-33(17-5-1)49-41-24-12-14-26-44(41)51-50(52-49)34-28-29-40-43(32-34)38-23-11-10-22-37(38)39-30-31-46-48(47(39)40)42-25-13-15-27-45(42)53(46,35-18-6-2-7-19-35)36-20-8-3-9-21-36/h1-32H. The summed E-state index contributed by atoms with van der Waals surface area (Å²) >= 11 is 0. The number of nitrogens with zero attached hydrogens (tertiary/aromatic N) is 2. The molecule has 0 N–H and O–H groups in total. The summed E-state index contributed by atoms with van der Waals surface area (Å²) in [6.45, 7) is 0. The SMILES string of the molecule is c1ccc(-c2nc(-c3ccc4c(c3)c3ccccc3c3ccc5c(c34)-c3ccccc3[Si]5(c3ccccc3)c3ccccc3)nc3ccccc23)cc1. The minimum atomic E-state index is -2.65. The summed E-state index contributed by atoms with van der Waals surface area (Å²) in [5.74, 6) is 0.733. The van der Waals surface area contributed by atoms with Gasteiger partial charge in [-0.1, -0.05) is 182 Å². The molecule has 1 aromatic heterocycles. The molecule has 0 radical (unpaired) electrons. The maximum Gasteiger partial charge on any atom is 0.180 e. The predicted octanol–water partition coefficient (Wildman–Crippen LogP) is 9.78. The molecule has 0 saturated carbocycles. The van der Waals surface area contributed by atoms with Crippen molar-refractivity contribution in [1.29, 1.82) is 0 Å². The van der Waals surface area contributed by atoms with Crippen molar-refractivity contribution in [1.82, 2.24) is 9.97 Å². The Hall–Kier alpha value is -6.68. The van der Waals surface area contributed by atoms with Crippen LogP contribution in [0.5, 0.6) is 0 Å². The Morgan fingerprint density at radius 2 is 0.925 bits per heavy atom. The van der Waals surface area contributed by atoms with Gasteiger partial charge < -0.3 is 0 Å². The first kappa shape index (κ1) is 30.0. The molecule has 10 aromatic rings. The maximum absolute atomic E-state index is 5.26. The first-order valence-corrected chi connectivity index (χ1v) is 20.3. The van der Waals surface area contributed by atoms with Gasteiger partial charge in [-0.25, -0.2) is 9.97 Å². The molecule has 0 atom stereocenters. The predicted molar refractivity (Wildman–Crippen MR) is 226 cm³/mol. The second-order valence-electron chi connectivity index (χ2n) is 14.0. The number of benzene rings is 9. The lowest BCUT2D eigenvalue weighted by Gasteiger charge is -2.31. The van der Waals surface area contributed by atoms with Crippen molar-refractivity contribution in [3.8, 4) is 33.8 Å². The molecule has 11 rings (SSSR count). The van der Waals surface area contributed by atoms with E-state index in [2.05, 4.69) is 188 Å². The molecule has 0 saturated heterocycles. The van der Waals surface area contributed by atoms with Gasteiger partial charge in [-0.15, -0.1) is 0 Å². The van der Waals surface area contributed by atoms with E-state index in [-0.39, 0.29) is 0 Å². The van der Waals surface area contributed by atoms with Gasteiger partial charge in [-0.05, 0) is 76.3 Å². The second kappa shape index (κ2) is 11.7. The van der Waals surface area contributed by atoms with Crippen LogP contribution in [0.2, 0.25) is 0 Å². The Labute approximate surface area is 308 Å². The number of aromatic nitrogens is 2. The molecular weight excluding hydrogens is 657 g/mol. The minimum Gasteiger partial charge on any atom is -0.228 e. The van der Waals surface area contributed by atoms with Gasteiger partial charge >= 0.3 is 0 Å². The lowest BCUT2D eigenvalue weighted by Crippen LogP contribution is -2.72. The molecular formula is C50H32N2Si. The zero-order valence-corrected chi connectivity index (χ0v) is 29.9. The summed E-state index contributed by atoms with van der Waals surface area (Å²) < 4.78 is 0. The van der Waals surface area contributed by atoms with Gasteiger partial charge in [0.05, 0.1) is 11.2 Å². The molecule has 0 fully saturated rings. The van der Waals surface area contributed by atoms with Crippen molar-refractivity contribution in [2.45, 2.75) is 0 Å². The van der Waals surface area contributed by atoms with E-state index in [0.29, 0.717) is 0 Å². The minimum absolute atomic E-state index is 0.733. The fourth-order valence-electron chi connectivity index (χ4n) is 9.14. The number of hydrogen-bond donors (Lipinski definition) is 0. The van der Waals surface area contributed by atoms with Crippen LogP contribution >= 0.6 is 0 Å². The average Bonchev–Trinajstić information content (AvgIpc) is 3.55. The smallest absolute Gasteiger partial charge is 0.180 e. The van der Waals surface area contributed by atoms with Crippen molar-refractivity contribution in [3.05, 3.63) is 194 Å². The molecule has 3 heteroatoms. The Balaban J connectivity index is 1.25. The lowest BCUT2D eigenvalue weighted by molar-refractivity contribution is 1.23. The van der Waals surface area contributed by atoms with E-state index in [1.807, 2.05) is 6.07 Å². The molecule has 53 heavy (non-hydrogen) atoms. The van der Waals surface area contributed by atoms with E-state index in [1.54, 1.807) is 0 Å². The molecule has 0 bridgehead atoms. The summed E-state index contributed by atoms with van der Waals surface area (Å²) in [6, 6.07) is 71.1. The molecule has 0 amide bonds. The zero-order valence-electron chi connectivity index (χ0n) is 28.9. The molecule has 0 unspecified atom stereocenters. The third-order valence-corrected chi connectivity index (χ3v) is 16.2. The van der Waals surface area contributed by atoms with E-state index >= 15 is 0 Å². The van der Waals surface area contributed by atoms with Gasteiger partial charge in [-0.3, -0.25) is 0 Å². The van der Waals surface area contributed by atoms with Gasteiger partial charge in [0.15, 0.2) is 13.9 Å². The zero-order chi connectivity index (χ0) is 34.9. The van der Waals surface area contributed by atoms with Gasteiger partial charge in [0.25, 0.3) is 0 Å². The van der Waals surface area contributed by atoms with Gasteiger partial charge in [-0.2, -0.15) is 0 Å². The fourth-order valence-corrected chi connectivity index (χ4v) is 14.3. The topological polar surface area (TPSA) is 25.8 Å². The molecule has 0 aliphatic carbocycles. The highest BCUT2D eigenvalue weighted by Gasteiger charge is 2.49. The van der Waals surface area contributed by atoms with Crippen LogP contribution in [0.3, 0.4) is 0 Å². The van der Waals surface area contributed by atoms with Crippen LogP contribution < -0.4 is 20.7 Å². The van der Waals surface area contributed by atoms with E-state index in [1.165, 1.54) is 64.2 Å².